The van der Waals surface area contributed by atoms with Crippen molar-refractivity contribution in [3.63, 3.8) is 0 Å². The van der Waals surface area contributed by atoms with Crippen molar-refractivity contribution in [1.82, 2.24) is 9.38 Å². The second-order valence-corrected chi connectivity index (χ2v) is 4.82. The molecule has 3 aromatic rings. The monoisotopic (exact) mass is 292 g/mol. The molecule has 0 aliphatic carbocycles. The summed E-state index contributed by atoms with van der Waals surface area (Å²) in [5, 5.41) is 0. The first-order valence-corrected chi connectivity index (χ1v) is 7.15. The highest BCUT2D eigenvalue weighted by Gasteiger charge is 2.11. The Morgan fingerprint density at radius 2 is 1.86 bits per heavy atom. The van der Waals surface area contributed by atoms with Gasteiger partial charge in [-0.15, -0.1) is 0 Å². The summed E-state index contributed by atoms with van der Waals surface area (Å²) in [4.78, 5) is 16.0. The van der Waals surface area contributed by atoms with Crippen LogP contribution in [-0.2, 0) is 4.74 Å². The molecule has 0 aliphatic rings. The number of carbonyl (C=O) groups excluding carboxylic acids is 1. The number of fused-ring (bicyclic) bond motifs is 1. The normalized spacial score (nSPS) is 11.1. The van der Waals surface area contributed by atoms with Crippen molar-refractivity contribution >= 4 is 23.8 Å². The molecule has 22 heavy (non-hydrogen) atoms. The van der Waals surface area contributed by atoms with Crippen LogP contribution in [0.4, 0.5) is 0 Å². The molecular weight excluding hydrogens is 276 g/mol. The predicted molar refractivity (Wildman–Crippen MR) is 86.5 cm³/mol. The first-order valence-electron chi connectivity index (χ1n) is 7.15. The molecule has 0 aliphatic heterocycles. The highest BCUT2D eigenvalue weighted by Crippen LogP contribution is 2.12. The lowest BCUT2D eigenvalue weighted by Gasteiger charge is -1.96. The summed E-state index contributed by atoms with van der Waals surface area (Å²) in [6.45, 7) is 2.12. The minimum absolute atomic E-state index is 0.325. The Bertz CT molecular complexity index is 819. The van der Waals surface area contributed by atoms with Gasteiger partial charge in [0.1, 0.15) is 5.65 Å². The van der Waals surface area contributed by atoms with Crippen molar-refractivity contribution in [2.75, 3.05) is 6.61 Å². The van der Waals surface area contributed by atoms with Crippen molar-refractivity contribution in [2.45, 2.75) is 6.92 Å². The van der Waals surface area contributed by atoms with Crippen molar-refractivity contribution in [3.05, 3.63) is 71.7 Å². The number of aromatic nitrogens is 2. The zero-order valence-electron chi connectivity index (χ0n) is 12.3. The van der Waals surface area contributed by atoms with Crippen LogP contribution >= 0.6 is 0 Å². The van der Waals surface area contributed by atoms with Gasteiger partial charge in [-0.05, 0) is 30.2 Å². The average molecular weight is 292 g/mol. The van der Waals surface area contributed by atoms with Crippen molar-refractivity contribution in [2.24, 2.45) is 0 Å². The highest BCUT2D eigenvalue weighted by molar-refractivity contribution is 5.88. The molecule has 4 nitrogen and oxygen atoms in total. The van der Waals surface area contributed by atoms with E-state index in [0.29, 0.717) is 12.3 Å². The molecule has 2 heterocycles. The zero-order chi connectivity index (χ0) is 15.4. The molecular formula is C18H16N2O2. The number of ether oxygens (including phenoxy) is 1. The SMILES string of the molecule is CCOC(=O)c1cn2cc(/C=C/c3ccccc3)ccc2n1. The number of rotatable bonds is 4. The van der Waals surface area contributed by atoms with Gasteiger partial charge in [0, 0.05) is 12.4 Å². The van der Waals surface area contributed by atoms with Gasteiger partial charge in [-0.25, -0.2) is 9.78 Å². The third-order valence-electron chi connectivity index (χ3n) is 3.23. The number of carbonyl (C=O) groups is 1. The topological polar surface area (TPSA) is 43.6 Å². The Labute approximate surface area is 128 Å². The Morgan fingerprint density at radius 3 is 2.64 bits per heavy atom. The number of benzene rings is 1. The fourth-order valence-electron chi connectivity index (χ4n) is 2.17. The van der Waals surface area contributed by atoms with Crippen molar-refractivity contribution in [3.8, 4) is 0 Å². The average Bonchev–Trinajstić information content (AvgIpc) is 2.97. The zero-order valence-corrected chi connectivity index (χ0v) is 12.3. The maximum absolute atomic E-state index is 11.7. The minimum atomic E-state index is -0.396. The van der Waals surface area contributed by atoms with E-state index in [-0.39, 0.29) is 0 Å². The van der Waals surface area contributed by atoms with Crippen molar-refractivity contribution in [1.29, 1.82) is 0 Å². The predicted octanol–water partition coefficient (Wildman–Crippen LogP) is 3.68. The summed E-state index contributed by atoms with van der Waals surface area (Å²) in [7, 11) is 0. The van der Waals surface area contributed by atoms with E-state index in [1.807, 2.05) is 65.2 Å². The summed E-state index contributed by atoms with van der Waals surface area (Å²) in [5.74, 6) is -0.396. The smallest absolute Gasteiger partial charge is 0.358 e. The Morgan fingerprint density at radius 1 is 1.09 bits per heavy atom. The maximum Gasteiger partial charge on any atom is 0.358 e. The van der Waals surface area contributed by atoms with Gasteiger partial charge in [-0.2, -0.15) is 0 Å². The fourth-order valence-corrected chi connectivity index (χ4v) is 2.17. The second-order valence-electron chi connectivity index (χ2n) is 4.82. The van der Waals surface area contributed by atoms with Crippen LogP contribution in [0.3, 0.4) is 0 Å². The number of imidazole rings is 1. The van der Waals surface area contributed by atoms with Crippen molar-refractivity contribution < 1.29 is 9.53 Å². The third-order valence-corrected chi connectivity index (χ3v) is 3.23. The molecule has 4 heteroatoms. The molecule has 1 aromatic carbocycles. The number of esters is 1. The van der Waals surface area contributed by atoms with Crippen LogP contribution in [-0.4, -0.2) is 22.0 Å². The molecule has 0 spiro atoms. The molecule has 2 aromatic heterocycles. The third kappa shape index (κ3) is 3.06. The van der Waals surface area contributed by atoms with Gasteiger partial charge in [-0.3, -0.25) is 0 Å². The standard InChI is InChI=1S/C18H16N2O2/c1-2-22-18(21)16-13-20-12-15(10-11-17(20)19-16)9-8-14-6-4-3-5-7-14/h3-13H,2H2,1H3/b9-8+. The maximum atomic E-state index is 11.7. The first-order chi connectivity index (χ1) is 10.8. The van der Waals surface area contributed by atoms with Gasteiger partial charge in [0.25, 0.3) is 0 Å². The van der Waals surface area contributed by atoms with E-state index >= 15 is 0 Å². The lowest BCUT2D eigenvalue weighted by Crippen LogP contribution is -2.04. The first kappa shape index (κ1) is 14.1. The summed E-state index contributed by atoms with van der Waals surface area (Å²) in [6, 6.07) is 13.9. The molecule has 0 fully saturated rings. The summed E-state index contributed by atoms with van der Waals surface area (Å²) < 4.78 is 6.79. The van der Waals surface area contributed by atoms with E-state index in [4.69, 9.17) is 4.74 Å². The number of nitrogens with zero attached hydrogens (tertiary/aromatic N) is 2. The molecule has 0 radical (unpaired) electrons. The molecule has 110 valence electrons. The quantitative estimate of drug-likeness (QED) is 0.689. The lowest BCUT2D eigenvalue weighted by atomic mass is 10.2. The van der Waals surface area contributed by atoms with E-state index in [0.717, 1.165) is 16.8 Å². The van der Waals surface area contributed by atoms with Gasteiger partial charge in [-0.1, -0.05) is 42.5 Å². The molecule has 3 rings (SSSR count). The van der Waals surface area contributed by atoms with Gasteiger partial charge in [0.2, 0.25) is 0 Å². The number of hydrogen-bond acceptors (Lipinski definition) is 3. The van der Waals surface area contributed by atoms with Crippen LogP contribution in [0.25, 0.3) is 17.8 Å². The highest BCUT2D eigenvalue weighted by atomic mass is 16.5. The molecule has 0 unspecified atom stereocenters. The van der Waals surface area contributed by atoms with Gasteiger partial charge in [0.05, 0.1) is 6.61 Å². The van der Waals surface area contributed by atoms with Crippen LogP contribution in [0.15, 0.2) is 54.9 Å². The molecule has 0 amide bonds. The number of hydrogen-bond donors (Lipinski definition) is 0. The van der Waals surface area contributed by atoms with E-state index in [2.05, 4.69) is 4.98 Å². The molecule has 0 atom stereocenters. The molecule has 0 bridgehead atoms. The largest absolute Gasteiger partial charge is 0.461 e. The van der Waals surface area contributed by atoms with E-state index in [1.54, 1.807) is 13.1 Å². The van der Waals surface area contributed by atoms with Gasteiger partial charge in [0.15, 0.2) is 5.69 Å². The van der Waals surface area contributed by atoms with E-state index in [9.17, 15) is 4.79 Å². The van der Waals surface area contributed by atoms with Crippen LogP contribution in [0, 0.1) is 0 Å². The van der Waals surface area contributed by atoms with Crippen LogP contribution in [0.2, 0.25) is 0 Å². The van der Waals surface area contributed by atoms with Crippen LogP contribution in [0.5, 0.6) is 0 Å². The number of pyridine rings is 1. The van der Waals surface area contributed by atoms with Gasteiger partial charge >= 0.3 is 5.97 Å². The molecule has 0 saturated heterocycles. The van der Waals surface area contributed by atoms with E-state index < -0.39 is 5.97 Å². The molecule has 0 saturated carbocycles. The van der Waals surface area contributed by atoms with Crippen LogP contribution < -0.4 is 0 Å². The fraction of sp³-hybridized carbons (Fsp3) is 0.111. The minimum Gasteiger partial charge on any atom is -0.461 e. The van der Waals surface area contributed by atoms with Crippen LogP contribution in [0.1, 0.15) is 28.5 Å². The van der Waals surface area contributed by atoms with Gasteiger partial charge < -0.3 is 9.14 Å². The second kappa shape index (κ2) is 6.26. The summed E-state index contributed by atoms with van der Waals surface area (Å²) >= 11 is 0. The molecule has 0 N–H and O–H groups in total. The summed E-state index contributed by atoms with van der Waals surface area (Å²) in [5.41, 5.74) is 3.22. The lowest BCUT2D eigenvalue weighted by molar-refractivity contribution is 0.0520. The Balaban J connectivity index is 1.86. The Kier molecular flexibility index (Phi) is 4.01. The summed E-state index contributed by atoms with van der Waals surface area (Å²) in [6.07, 6.45) is 7.70. The Hall–Kier alpha value is -2.88. The van der Waals surface area contributed by atoms with E-state index in [1.165, 1.54) is 0 Å².